The molecule has 7 nitrogen and oxygen atoms in total. The van der Waals surface area contributed by atoms with Crippen LogP contribution in [-0.2, 0) is 22.4 Å². The first kappa shape index (κ1) is 30.1. The fourth-order valence-corrected chi connectivity index (χ4v) is 6.75. The molecule has 5 rings (SSSR count). The van der Waals surface area contributed by atoms with Gasteiger partial charge in [0.25, 0.3) is 11.8 Å². The lowest BCUT2D eigenvalue weighted by molar-refractivity contribution is -0.114. The molecular formula is C33H27ClN4O3S2. The lowest BCUT2D eigenvalue weighted by Crippen LogP contribution is -2.30. The summed E-state index contributed by atoms with van der Waals surface area (Å²) < 4.78 is 0. The summed E-state index contributed by atoms with van der Waals surface area (Å²) in [5.74, 6) is -0.992. The first-order valence-corrected chi connectivity index (χ1v) is 15.8. The molecule has 1 aromatic heterocycles. The predicted octanol–water partition coefficient (Wildman–Crippen LogP) is 7.29. The number of carbonyl (C=O) groups is 3. The summed E-state index contributed by atoms with van der Waals surface area (Å²) in [6.45, 7) is 0. The first-order valence-electron chi connectivity index (χ1n) is 13.6. The second-order valence-corrected chi connectivity index (χ2v) is 12.4. The van der Waals surface area contributed by atoms with Crippen LogP contribution in [0.4, 0.5) is 10.7 Å². The van der Waals surface area contributed by atoms with Crippen LogP contribution < -0.4 is 16.0 Å². The van der Waals surface area contributed by atoms with Gasteiger partial charge in [0, 0.05) is 26.0 Å². The molecule has 10 heteroatoms. The van der Waals surface area contributed by atoms with Crippen molar-refractivity contribution in [1.82, 2.24) is 5.32 Å². The maximum Gasteiger partial charge on any atom is 0.272 e. The maximum absolute atomic E-state index is 13.4. The molecule has 3 N–H and O–H groups in total. The van der Waals surface area contributed by atoms with Crippen LogP contribution >= 0.6 is 34.7 Å². The van der Waals surface area contributed by atoms with Gasteiger partial charge in [-0.3, -0.25) is 14.4 Å². The second-order valence-electron chi connectivity index (χ2n) is 9.78. The third kappa shape index (κ3) is 7.93. The number of thiophene rings is 1. The largest absolute Gasteiger partial charge is 0.321 e. The van der Waals surface area contributed by atoms with E-state index in [-0.39, 0.29) is 17.4 Å². The van der Waals surface area contributed by atoms with E-state index in [0.717, 1.165) is 36.1 Å². The molecule has 0 spiro atoms. The van der Waals surface area contributed by atoms with Crippen LogP contribution in [0.15, 0.2) is 89.5 Å². The molecule has 1 aliphatic carbocycles. The van der Waals surface area contributed by atoms with Gasteiger partial charge >= 0.3 is 0 Å². The zero-order chi connectivity index (χ0) is 30.2. The van der Waals surface area contributed by atoms with Crippen LogP contribution in [0.3, 0.4) is 0 Å². The van der Waals surface area contributed by atoms with Gasteiger partial charge in [-0.05, 0) is 85.4 Å². The van der Waals surface area contributed by atoms with Crippen LogP contribution in [0.25, 0.3) is 6.08 Å². The predicted molar refractivity (Wildman–Crippen MR) is 173 cm³/mol. The van der Waals surface area contributed by atoms with E-state index in [2.05, 4.69) is 22.0 Å². The summed E-state index contributed by atoms with van der Waals surface area (Å²) in [4.78, 5) is 41.0. The number of nitrogens with one attached hydrogen (secondary N) is 3. The van der Waals surface area contributed by atoms with Gasteiger partial charge < -0.3 is 16.0 Å². The minimum Gasteiger partial charge on any atom is -0.321 e. The van der Waals surface area contributed by atoms with Crippen LogP contribution in [0.1, 0.15) is 44.8 Å². The van der Waals surface area contributed by atoms with Gasteiger partial charge in [-0.15, -0.1) is 23.1 Å². The fourth-order valence-electron chi connectivity index (χ4n) is 4.61. The Bertz CT molecular complexity index is 1730. The molecule has 0 saturated heterocycles. The third-order valence-corrected chi connectivity index (χ3v) is 9.16. The number of thioether (sulfide) groups is 1. The number of hydrogen-bond donors (Lipinski definition) is 3. The SMILES string of the molecule is N#Cc1c(NC(=O)CSc2cccc(NC(=O)/C(=C\c3ccc(Cl)cc3)NC(=O)c3ccccc3)c2)sc2c1CCCC2. The van der Waals surface area contributed by atoms with Crippen molar-refractivity contribution in [2.24, 2.45) is 0 Å². The zero-order valence-corrected chi connectivity index (χ0v) is 25.4. The Morgan fingerprint density at radius 1 is 0.953 bits per heavy atom. The number of hydrogen-bond acceptors (Lipinski definition) is 6. The van der Waals surface area contributed by atoms with Crippen molar-refractivity contribution in [3.05, 3.63) is 117 Å². The number of fused-ring (bicyclic) bond motifs is 1. The third-order valence-electron chi connectivity index (χ3n) is 6.71. The summed E-state index contributed by atoms with van der Waals surface area (Å²) in [7, 11) is 0. The van der Waals surface area contributed by atoms with Crippen molar-refractivity contribution in [1.29, 1.82) is 5.26 Å². The molecular weight excluding hydrogens is 600 g/mol. The summed E-state index contributed by atoms with van der Waals surface area (Å²) in [6, 6.07) is 24.9. The quantitative estimate of drug-likeness (QED) is 0.133. The molecule has 0 bridgehead atoms. The molecule has 43 heavy (non-hydrogen) atoms. The van der Waals surface area contributed by atoms with Crippen LogP contribution in [0, 0.1) is 11.3 Å². The van der Waals surface area contributed by atoms with Crippen LogP contribution in [0.5, 0.6) is 0 Å². The van der Waals surface area contributed by atoms with E-state index in [9.17, 15) is 19.6 Å². The maximum atomic E-state index is 13.4. The average Bonchev–Trinajstić information content (AvgIpc) is 3.38. The molecule has 216 valence electrons. The highest BCUT2D eigenvalue weighted by Gasteiger charge is 2.22. The molecule has 0 fully saturated rings. The van der Waals surface area contributed by atoms with Gasteiger partial charge in [0.05, 0.1) is 11.3 Å². The minimum absolute atomic E-state index is 0.0561. The molecule has 0 atom stereocenters. The Labute approximate surface area is 263 Å². The van der Waals surface area contributed by atoms with E-state index in [1.807, 2.05) is 6.07 Å². The summed E-state index contributed by atoms with van der Waals surface area (Å²) in [6.07, 6.45) is 5.57. The molecule has 0 saturated carbocycles. The number of amides is 3. The van der Waals surface area contributed by atoms with Crippen molar-refractivity contribution in [3.63, 3.8) is 0 Å². The molecule has 1 heterocycles. The monoisotopic (exact) mass is 626 g/mol. The molecule has 3 aromatic carbocycles. The van der Waals surface area contributed by atoms with Crippen molar-refractivity contribution in [2.45, 2.75) is 30.6 Å². The summed E-state index contributed by atoms with van der Waals surface area (Å²) >= 11 is 8.83. The molecule has 1 aliphatic rings. The molecule has 0 aliphatic heterocycles. The van der Waals surface area contributed by atoms with Crippen molar-refractivity contribution in [3.8, 4) is 6.07 Å². The summed E-state index contributed by atoms with van der Waals surface area (Å²) in [5, 5.41) is 19.3. The number of rotatable bonds is 9. The molecule has 0 unspecified atom stereocenters. The van der Waals surface area contributed by atoms with Crippen LogP contribution in [-0.4, -0.2) is 23.5 Å². The second kappa shape index (κ2) is 14.2. The first-order chi connectivity index (χ1) is 20.9. The lowest BCUT2D eigenvalue weighted by Gasteiger charge is -2.12. The Morgan fingerprint density at radius 2 is 1.72 bits per heavy atom. The van der Waals surface area contributed by atoms with Crippen LogP contribution in [0.2, 0.25) is 5.02 Å². The normalized spacial score (nSPS) is 12.5. The smallest absolute Gasteiger partial charge is 0.272 e. The number of nitrogens with zero attached hydrogens (tertiary/aromatic N) is 1. The Balaban J connectivity index is 1.25. The van der Waals surface area contributed by atoms with Gasteiger partial charge in [0.2, 0.25) is 5.91 Å². The highest BCUT2D eigenvalue weighted by molar-refractivity contribution is 8.00. The van der Waals surface area contributed by atoms with E-state index in [1.165, 1.54) is 28.0 Å². The fraction of sp³-hybridized carbons (Fsp3) is 0.152. The van der Waals surface area contributed by atoms with E-state index in [1.54, 1.807) is 78.9 Å². The number of carbonyl (C=O) groups excluding carboxylic acids is 3. The number of halogens is 1. The van der Waals surface area contributed by atoms with E-state index in [0.29, 0.717) is 32.4 Å². The van der Waals surface area contributed by atoms with E-state index >= 15 is 0 Å². The van der Waals surface area contributed by atoms with E-state index < -0.39 is 11.8 Å². The van der Waals surface area contributed by atoms with Gasteiger partial charge in [0.1, 0.15) is 16.8 Å². The van der Waals surface area contributed by atoms with Crippen molar-refractivity contribution in [2.75, 3.05) is 16.4 Å². The van der Waals surface area contributed by atoms with Gasteiger partial charge in [-0.1, -0.05) is 48.0 Å². The standard InChI is InChI=1S/C33H27ClN4O3S2/c34-23-15-13-21(14-16-23)17-28(37-31(40)22-7-2-1-3-8-22)32(41)36-24-9-6-10-25(18-24)42-20-30(39)38-33-27(19-35)26-11-4-5-12-29(26)43-33/h1-3,6-10,13-18H,4-5,11-12,20H2,(H,36,41)(H,37,40)(H,38,39)/b28-17+. The Hall–Kier alpha value is -4.36. The Morgan fingerprint density at radius 3 is 2.49 bits per heavy atom. The van der Waals surface area contributed by atoms with Crippen molar-refractivity contribution < 1.29 is 14.4 Å². The molecule has 4 aromatic rings. The van der Waals surface area contributed by atoms with Gasteiger partial charge in [-0.2, -0.15) is 5.26 Å². The number of aryl methyl sites for hydroxylation is 1. The number of anilines is 2. The average molecular weight is 627 g/mol. The zero-order valence-electron chi connectivity index (χ0n) is 23.0. The lowest BCUT2D eigenvalue weighted by atomic mass is 9.96. The highest BCUT2D eigenvalue weighted by atomic mass is 35.5. The molecule has 3 amide bonds. The summed E-state index contributed by atoms with van der Waals surface area (Å²) in [5.41, 5.74) is 3.33. The molecule has 0 radical (unpaired) electrons. The topological polar surface area (TPSA) is 111 Å². The van der Waals surface area contributed by atoms with Crippen molar-refractivity contribution >= 4 is 69.2 Å². The Kier molecular flexibility index (Phi) is 9.95. The van der Waals surface area contributed by atoms with Gasteiger partial charge in [0.15, 0.2) is 0 Å². The number of benzene rings is 3. The minimum atomic E-state index is -0.509. The number of nitriles is 1. The van der Waals surface area contributed by atoms with E-state index in [4.69, 9.17) is 11.6 Å². The highest BCUT2D eigenvalue weighted by Crippen LogP contribution is 2.37. The van der Waals surface area contributed by atoms with Gasteiger partial charge in [-0.25, -0.2) is 0 Å².